The van der Waals surface area contributed by atoms with E-state index in [-0.39, 0.29) is 12.3 Å². The second-order valence-electron chi connectivity index (χ2n) is 8.68. The van der Waals surface area contributed by atoms with Gasteiger partial charge in [-0.25, -0.2) is 27.5 Å². The minimum atomic E-state index is -3.45. The lowest BCUT2D eigenvalue weighted by Gasteiger charge is -2.07. The molecule has 0 atom stereocenters. The summed E-state index contributed by atoms with van der Waals surface area (Å²) >= 11 is 0. The highest BCUT2D eigenvalue weighted by molar-refractivity contribution is 7.88. The molecule has 190 valence electrons. The summed E-state index contributed by atoms with van der Waals surface area (Å²) in [4.78, 5) is 21.1. The number of aromatic hydroxyl groups is 1. The molecule has 0 saturated heterocycles. The van der Waals surface area contributed by atoms with Crippen molar-refractivity contribution in [2.75, 3.05) is 6.26 Å². The first-order chi connectivity index (χ1) is 18.2. The maximum Gasteiger partial charge on any atom is 0.209 e. The number of aromatic nitrogens is 7. The quantitative estimate of drug-likeness (QED) is 0.254. The predicted octanol–water partition coefficient (Wildman–Crippen LogP) is 3.52. The van der Waals surface area contributed by atoms with Crippen LogP contribution in [0.15, 0.2) is 61.1 Å². The number of aromatic amines is 2. The second-order valence-corrected chi connectivity index (χ2v) is 10.5. The number of halogens is 1. The van der Waals surface area contributed by atoms with Crippen LogP contribution in [0.2, 0.25) is 0 Å². The molecule has 5 heterocycles. The molecular weight excluding hydrogens is 511 g/mol. The molecule has 0 aliphatic carbocycles. The van der Waals surface area contributed by atoms with Crippen LogP contribution in [0.25, 0.3) is 56.1 Å². The number of hydrogen-bond donors (Lipinski definition) is 4. The van der Waals surface area contributed by atoms with Crippen molar-refractivity contribution < 1.29 is 17.9 Å². The van der Waals surface area contributed by atoms with E-state index in [0.29, 0.717) is 61.7 Å². The molecular formula is C25H19FN8O3S. The van der Waals surface area contributed by atoms with E-state index in [1.807, 2.05) is 6.07 Å². The fraction of sp³-hybridized carbons (Fsp3) is 0.0800. The molecule has 0 amide bonds. The first-order valence-electron chi connectivity index (χ1n) is 11.3. The van der Waals surface area contributed by atoms with Crippen LogP contribution in [-0.2, 0) is 16.6 Å². The van der Waals surface area contributed by atoms with Crippen LogP contribution in [0.4, 0.5) is 4.39 Å². The van der Waals surface area contributed by atoms with Crippen LogP contribution in [0, 0.1) is 5.82 Å². The highest BCUT2D eigenvalue weighted by Gasteiger charge is 2.18. The molecule has 0 bridgehead atoms. The van der Waals surface area contributed by atoms with Crippen molar-refractivity contribution in [1.29, 1.82) is 0 Å². The van der Waals surface area contributed by atoms with Gasteiger partial charge < -0.3 is 10.1 Å². The van der Waals surface area contributed by atoms with Crippen molar-refractivity contribution in [3.05, 3.63) is 72.4 Å². The first-order valence-corrected chi connectivity index (χ1v) is 13.2. The van der Waals surface area contributed by atoms with Gasteiger partial charge in [0.05, 0.1) is 34.9 Å². The average Bonchev–Trinajstić information content (AvgIpc) is 3.50. The average molecular weight is 531 g/mol. The fourth-order valence-corrected chi connectivity index (χ4v) is 4.58. The number of H-pyrrole nitrogens is 2. The summed E-state index contributed by atoms with van der Waals surface area (Å²) in [6.45, 7) is -0.0621. The number of fused-ring (bicyclic) bond motifs is 2. The zero-order chi connectivity index (χ0) is 26.4. The molecule has 0 radical (unpaired) electrons. The van der Waals surface area contributed by atoms with Gasteiger partial charge in [-0.2, -0.15) is 5.10 Å². The van der Waals surface area contributed by atoms with Gasteiger partial charge in [-0.05, 0) is 48.0 Å². The first kappa shape index (κ1) is 23.6. The monoisotopic (exact) mass is 530 g/mol. The smallest absolute Gasteiger partial charge is 0.209 e. The number of imidazole rings is 1. The van der Waals surface area contributed by atoms with E-state index in [1.54, 1.807) is 36.7 Å². The molecule has 0 aliphatic heterocycles. The Morgan fingerprint density at radius 3 is 2.63 bits per heavy atom. The lowest BCUT2D eigenvalue weighted by atomic mass is 10.1. The van der Waals surface area contributed by atoms with Gasteiger partial charge >= 0.3 is 0 Å². The number of hydrogen-bond acceptors (Lipinski definition) is 8. The molecule has 4 N–H and O–H groups in total. The van der Waals surface area contributed by atoms with E-state index in [2.05, 4.69) is 29.9 Å². The highest BCUT2D eigenvalue weighted by atomic mass is 32.2. The Bertz CT molecular complexity index is 1950. The van der Waals surface area contributed by atoms with Crippen LogP contribution in [0.3, 0.4) is 0 Å². The summed E-state index contributed by atoms with van der Waals surface area (Å²) in [5.74, 6) is -0.0740. The number of nitrogens with zero attached hydrogens (tertiary/aromatic N) is 5. The van der Waals surface area contributed by atoms with Crippen molar-refractivity contribution in [2.24, 2.45) is 0 Å². The summed E-state index contributed by atoms with van der Waals surface area (Å²) in [7, 11) is -3.45. The molecule has 6 rings (SSSR count). The van der Waals surface area contributed by atoms with Crippen LogP contribution < -0.4 is 4.72 Å². The Balaban J connectivity index is 1.43. The molecule has 5 aromatic heterocycles. The molecule has 13 heteroatoms. The topological polar surface area (TPSA) is 162 Å². The fourth-order valence-electron chi connectivity index (χ4n) is 4.16. The highest BCUT2D eigenvalue weighted by Crippen LogP contribution is 2.31. The summed E-state index contributed by atoms with van der Waals surface area (Å²) in [6.07, 6.45) is 5.56. The molecule has 38 heavy (non-hydrogen) atoms. The van der Waals surface area contributed by atoms with Crippen molar-refractivity contribution in [1.82, 2.24) is 39.8 Å². The summed E-state index contributed by atoms with van der Waals surface area (Å²) in [5, 5.41) is 17.1. The zero-order valence-electron chi connectivity index (χ0n) is 19.8. The Kier molecular flexibility index (Phi) is 5.58. The molecule has 1 aromatic carbocycles. The Morgan fingerprint density at radius 2 is 1.82 bits per heavy atom. The number of rotatable bonds is 6. The van der Waals surface area contributed by atoms with Crippen LogP contribution in [0.5, 0.6) is 5.75 Å². The van der Waals surface area contributed by atoms with Crippen LogP contribution in [-0.4, -0.2) is 54.9 Å². The molecule has 6 aromatic rings. The summed E-state index contributed by atoms with van der Waals surface area (Å²) < 4.78 is 39.8. The standard InChI is InChI=1S/C25H19FN8O3S/c1-38(36,37)29-10-13-6-14(8-16(26)7-13)21-22-19(4-5-28-21)31-25(32-22)24-23-20(33-34-24)3-2-18(30-23)15-9-17(35)12-27-11-15/h2-9,11-12,29,35H,10H2,1H3,(H,31,32)(H,33,34). The minimum Gasteiger partial charge on any atom is -0.506 e. The number of nitrogens with one attached hydrogen (secondary N) is 3. The molecule has 0 spiro atoms. The third-order valence-corrected chi connectivity index (χ3v) is 6.49. The Morgan fingerprint density at radius 1 is 0.974 bits per heavy atom. The van der Waals surface area contributed by atoms with Crippen molar-refractivity contribution in [2.45, 2.75) is 6.54 Å². The van der Waals surface area contributed by atoms with Gasteiger partial charge in [-0.15, -0.1) is 0 Å². The third kappa shape index (κ3) is 4.55. The minimum absolute atomic E-state index is 0.0294. The van der Waals surface area contributed by atoms with Gasteiger partial charge in [-0.3, -0.25) is 15.1 Å². The predicted molar refractivity (Wildman–Crippen MR) is 139 cm³/mol. The third-order valence-electron chi connectivity index (χ3n) is 5.82. The largest absolute Gasteiger partial charge is 0.506 e. The summed E-state index contributed by atoms with van der Waals surface area (Å²) in [6, 6.07) is 11.2. The van der Waals surface area contributed by atoms with Gasteiger partial charge in [0, 0.05) is 30.1 Å². The van der Waals surface area contributed by atoms with E-state index in [4.69, 9.17) is 9.97 Å². The molecule has 0 unspecified atom stereocenters. The van der Waals surface area contributed by atoms with E-state index < -0.39 is 15.8 Å². The van der Waals surface area contributed by atoms with Gasteiger partial charge in [0.15, 0.2) is 11.5 Å². The Hall–Kier alpha value is -4.75. The summed E-state index contributed by atoms with van der Waals surface area (Å²) in [5.41, 5.74) is 5.38. The van der Waals surface area contributed by atoms with Crippen molar-refractivity contribution in [3.63, 3.8) is 0 Å². The molecule has 0 fully saturated rings. The van der Waals surface area contributed by atoms with Gasteiger partial charge in [0.1, 0.15) is 22.6 Å². The normalized spacial score (nSPS) is 11.9. The van der Waals surface area contributed by atoms with Gasteiger partial charge in [0.2, 0.25) is 10.0 Å². The maximum atomic E-state index is 14.5. The van der Waals surface area contributed by atoms with Crippen LogP contribution >= 0.6 is 0 Å². The Labute approximate surface area is 214 Å². The lowest BCUT2D eigenvalue weighted by molar-refractivity contribution is 0.473. The SMILES string of the molecule is CS(=O)(=O)NCc1cc(F)cc(-c2nccc3[nH]c(-c4n[nH]c5ccc(-c6cncc(O)c6)nc45)nc23)c1. The maximum absolute atomic E-state index is 14.5. The van der Waals surface area contributed by atoms with Crippen LogP contribution in [0.1, 0.15) is 5.56 Å². The van der Waals surface area contributed by atoms with E-state index in [1.165, 1.54) is 18.3 Å². The number of sulfonamides is 1. The second kappa shape index (κ2) is 8.97. The van der Waals surface area contributed by atoms with Crippen molar-refractivity contribution in [3.8, 4) is 39.8 Å². The lowest BCUT2D eigenvalue weighted by Crippen LogP contribution is -2.21. The molecule has 11 nitrogen and oxygen atoms in total. The van der Waals surface area contributed by atoms with Crippen molar-refractivity contribution >= 4 is 32.1 Å². The van der Waals surface area contributed by atoms with E-state index in [0.717, 1.165) is 6.26 Å². The molecule has 0 saturated carbocycles. The van der Waals surface area contributed by atoms with Gasteiger partial charge in [-0.1, -0.05) is 0 Å². The number of pyridine rings is 3. The van der Waals surface area contributed by atoms with Gasteiger partial charge in [0.25, 0.3) is 0 Å². The van der Waals surface area contributed by atoms with E-state index >= 15 is 0 Å². The van der Waals surface area contributed by atoms with E-state index in [9.17, 15) is 17.9 Å². The zero-order valence-corrected chi connectivity index (χ0v) is 20.6. The number of benzene rings is 1. The molecule has 0 aliphatic rings.